The minimum absolute atomic E-state index is 0.0669. The first-order valence-corrected chi connectivity index (χ1v) is 9.82. The molecule has 3 unspecified atom stereocenters. The van der Waals surface area contributed by atoms with E-state index in [0.29, 0.717) is 25.0 Å². The van der Waals surface area contributed by atoms with Crippen LogP contribution in [0.4, 0.5) is 0 Å². The van der Waals surface area contributed by atoms with Crippen molar-refractivity contribution in [3.05, 3.63) is 59.2 Å². The molecule has 3 aliphatic rings. The van der Waals surface area contributed by atoms with Crippen LogP contribution in [-0.4, -0.2) is 29.0 Å². The predicted octanol–water partition coefficient (Wildman–Crippen LogP) is 3.81. The van der Waals surface area contributed by atoms with E-state index in [2.05, 4.69) is 48.4 Å². The summed E-state index contributed by atoms with van der Waals surface area (Å²) in [5.41, 5.74) is 3.87. The van der Waals surface area contributed by atoms with Gasteiger partial charge < -0.3 is 9.47 Å². The Morgan fingerprint density at radius 3 is 2.62 bits per heavy atom. The third-order valence-corrected chi connectivity index (χ3v) is 7.00. The second-order valence-electron chi connectivity index (χ2n) is 8.07. The van der Waals surface area contributed by atoms with Crippen molar-refractivity contribution >= 4 is 0 Å². The number of ether oxygens (including phenoxy) is 2. The van der Waals surface area contributed by atoms with Gasteiger partial charge in [0.2, 0.25) is 0 Å². The van der Waals surface area contributed by atoms with E-state index in [1.54, 1.807) is 0 Å². The average molecular weight is 350 g/mol. The Balaban J connectivity index is 1.71. The quantitative estimate of drug-likeness (QED) is 0.784. The van der Waals surface area contributed by atoms with Gasteiger partial charge in [0.25, 0.3) is 0 Å². The van der Waals surface area contributed by atoms with Crippen LogP contribution in [0.3, 0.4) is 0 Å². The molecule has 1 saturated carbocycles. The molecule has 1 aromatic heterocycles. The number of hydrogen-bond acceptors (Lipinski definition) is 4. The summed E-state index contributed by atoms with van der Waals surface area (Å²) >= 11 is 0. The van der Waals surface area contributed by atoms with Crippen molar-refractivity contribution in [2.75, 3.05) is 13.2 Å². The molecule has 1 spiro atoms. The molecule has 3 atom stereocenters. The van der Waals surface area contributed by atoms with Crippen molar-refractivity contribution in [1.82, 2.24) is 9.97 Å². The maximum absolute atomic E-state index is 6.18. The van der Waals surface area contributed by atoms with E-state index in [4.69, 9.17) is 14.5 Å². The van der Waals surface area contributed by atoms with Crippen LogP contribution in [0.1, 0.15) is 48.8 Å². The fourth-order valence-electron chi connectivity index (χ4n) is 5.79. The molecule has 2 aliphatic carbocycles. The Kier molecular flexibility index (Phi) is 3.70. The summed E-state index contributed by atoms with van der Waals surface area (Å²) in [4.78, 5) is 9.49. The highest BCUT2D eigenvalue weighted by molar-refractivity contribution is 5.44. The molecule has 2 fully saturated rings. The molecule has 0 N–H and O–H groups in total. The first-order valence-electron chi connectivity index (χ1n) is 9.82. The smallest absolute Gasteiger partial charge is 0.171 e. The normalized spacial score (nSPS) is 32.2. The van der Waals surface area contributed by atoms with E-state index in [0.717, 1.165) is 31.5 Å². The van der Waals surface area contributed by atoms with Gasteiger partial charge in [0.15, 0.2) is 5.79 Å². The van der Waals surface area contributed by atoms with Gasteiger partial charge in [-0.1, -0.05) is 37.3 Å². The number of nitrogens with zero attached hydrogens (tertiary/aromatic N) is 2. The van der Waals surface area contributed by atoms with E-state index in [1.165, 1.54) is 16.8 Å². The highest BCUT2D eigenvalue weighted by Crippen LogP contribution is 2.59. The summed E-state index contributed by atoms with van der Waals surface area (Å²) in [5.74, 6) is 1.25. The van der Waals surface area contributed by atoms with E-state index >= 15 is 0 Å². The van der Waals surface area contributed by atoms with Gasteiger partial charge in [-0.15, -0.1) is 0 Å². The molecule has 4 heteroatoms. The summed E-state index contributed by atoms with van der Waals surface area (Å²) in [5, 5.41) is 0. The summed E-state index contributed by atoms with van der Waals surface area (Å²) < 4.78 is 12.4. The van der Waals surface area contributed by atoms with Crippen LogP contribution in [0.5, 0.6) is 0 Å². The summed E-state index contributed by atoms with van der Waals surface area (Å²) in [6.45, 7) is 5.76. The average Bonchev–Trinajstić information content (AvgIpc) is 3.15. The minimum Gasteiger partial charge on any atom is -0.347 e. The Labute approximate surface area is 155 Å². The topological polar surface area (TPSA) is 44.2 Å². The van der Waals surface area contributed by atoms with Gasteiger partial charge in [0, 0.05) is 24.0 Å². The van der Waals surface area contributed by atoms with Gasteiger partial charge in [0.05, 0.1) is 18.9 Å². The molecule has 5 rings (SSSR count). The zero-order valence-corrected chi connectivity index (χ0v) is 15.6. The fourth-order valence-corrected chi connectivity index (χ4v) is 5.79. The Morgan fingerprint density at radius 2 is 1.85 bits per heavy atom. The molecule has 136 valence electrons. The Hall–Kier alpha value is -1.78. The summed E-state index contributed by atoms with van der Waals surface area (Å²) in [6.07, 6.45) is 6.15. The maximum Gasteiger partial charge on any atom is 0.171 e. The zero-order valence-electron chi connectivity index (χ0n) is 15.6. The largest absolute Gasteiger partial charge is 0.347 e. The minimum atomic E-state index is -0.400. The van der Waals surface area contributed by atoms with Crippen molar-refractivity contribution in [3.8, 4) is 0 Å². The van der Waals surface area contributed by atoms with E-state index < -0.39 is 5.79 Å². The number of rotatable bonds is 1. The third-order valence-electron chi connectivity index (χ3n) is 7.00. The van der Waals surface area contributed by atoms with E-state index in [1.807, 2.05) is 6.92 Å². The first-order chi connectivity index (χ1) is 12.7. The van der Waals surface area contributed by atoms with Crippen LogP contribution in [0.25, 0.3) is 0 Å². The second-order valence-corrected chi connectivity index (χ2v) is 8.07. The first kappa shape index (κ1) is 16.4. The third kappa shape index (κ3) is 2.15. The van der Waals surface area contributed by atoms with E-state index in [9.17, 15) is 0 Å². The van der Waals surface area contributed by atoms with Crippen LogP contribution in [-0.2, 0) is 21.3 Å². The highest BCUT2D eigenvalue weighted by Gasteiger charge is 2.60. The molecule has 1 aliphatic heterocycles. The number of aryl methyl sites for hydroxylation is 2. The van der Waals surface area contributed by atoms with Crippen molar-refractivity contribution in [3.63, 3.8) is 0 Å². The van der Waals surface area contributed by atoms with Gasteiger partial charge >= 0.3 is 0 Å². The number of hydrogen-bond donors (Lipinski definition) is 0. The van der Waals surface area contributed by atoms with Crippen LogP contribution >= 0.6 is 0 Å². The lowest BCUT2D eigenvalue weighted by molar-refractivity contribution is -0.232. The van der Waals surface area contributed by atoms with Crippen LogP contribution < -0.4 is 0 Å². The molecule has 0 radical (unpaired) electrons. The van der Waals surface area contributed by atoms with Gasteiger partial charge in [-0.25, -0.2) is 9.97 Å². The molecule has 0 bridgehead atoms. The van der Waals surface area contributed by atoms with Gasteiger partial charge in [-0.3, -0.25) is 0 Å². The fraction of sp³-hybridized carbons (Fsp3) is 0.545. The predicted molar refractivity (Wildman–Crippen MR) is 98.8 cm³/mol. The molecule has 26 heavy (non-hydrogen) atoms. The molecule has 0 amide bonds. The Morgan fingerprint density at radius 1 is 1.08 bits per heavy atom. The molecular weight excluding hydrogens is 324 g/mol. The molecule has 2 aromatic rings. The zero-order chi connectivity index (χ0) is 17.8. The number of aromatic nitrogens is 2. The standard InChI is InChI=1S/C22H26N2O2/c1-15-19-9-8-17-14-23-16(2)24-20(17)21(19,18-6-4-3-5-7-18)10-11-22(15)25-12-13-26-22/h3-7,14-15,19H,8-13H2,1-2H3. The lowest BCUT2D eigenvalue weighted by Gasteiger charge is -2.55. The molecule has 1 aromatic carbocycles. The van der Waals surface area contributed by atoms with Crippen LogP contribution in [0.2, 0.25) is 0 Å². The SMILES string of the molecule is Cc1ncc2c(n1)C1(c3ccccc3)CCC3(OCCO3)C(C)C1CC2. The van der Waals surface area contributed by atoms with Crippen molar-refractivity contribution in [2.24, 2.45) is 11.8 Å². The van der Waals surface area contributed by atoms with Crippen molar-refractivity contribution in [2.45, 2.75) is 50.7 Å². The van der Waals surface area contributed by atoms with Gasteiger partial charge in [-0.05, 0) is 43.2 Å². The van der Waals surface area contributed by atoms with Crippen molar-refractivity contribution in [1.29, 1.82) is 0 Å². The van der Waals surface area contributed by atoms with Crippen LogP contribution in [0, 0.1) is 18.8 Å². The summed E-state index contributed by atoms with van der Waals surface area (Å²) in [7, 11) is 0. The van der Waals surface area contributed by atoms with Gasteiger partial charge in [-0.2, -0.15) is 0 Å². The summed E-state index contributed by atoms with van der Waals surface area (Å²) in [6, 6.07) is 11.0. The van der Waals surface area contributed by atoms with Crippen LogP contribution in [0.15, 0.2) is 36.5 Å². The lowest BCUT2D eigenvalue weighted by atomic mass is 9.52. The maximum atomic E-state index is 6.18. The lowest BCUT2D eigenvalue weighted by Crippen LogP contribution is -2.57. The van der Waals surface area contributed by atoms with Gasteiger partial charge in [0.1, 0.15) is 5.82 Å². The monoisotopic (exact) mass is 350 g/mol. The number of benzene rings is 1. The second kappa shape index (κ2) is 5.86. The highest BCUT2D eigenvalue weighted by atomic mass is 16.7. The number of fused-ring (bicyclic) bond motifs is 3. The van der Waals surface area contributed by atoms with E-state index in [-0.39, 0.29) is 5.41 Å². The molecule has 4 nitrogen and oxygen atoms in total. The van der Waals surface area contributed by atoms with Crippen molar-refractivity contribution < 1.29 is 9.47 Å². The molecular formula is C22H26N2O2. The molecule has 2 heterocycles. The molecule has 1 saturated heterocycles. The Bertz CT molecular complexity index is 816.